The van der Waals surface area contributed by atoms with Gasteiger partial charge in [-0.25, -0.2) is 4.98 Å². The van der Waals surface area contributed by atoms with Crippen LogP contribution in [-0.2, 0) is 0 Å². The van der Waals surface area contributed by atoms with Gasteiger partial charge in [0.05, 0.1) is 20.6 Å². The Morgan fingerprint density at radius 2 is 1.79 bits per heavy atom. The maximum Gasteiger partial charge on any atom is 0.257 e. The zero-order chi connectivity index (χ0) is 24.0. The van der Waals surface area contributed by atoms with Crippen LogP contribution in [0.15, 0.2) is 66.3 Å². The quantitative estimate of drug-likeness (QED) is 0.165. The number of anilines is 1. The SMILES string of the molecule is CC(=C/c1ccccc1)/C=C/C(=O)c1sc(NC(=S)NC(=O)c2ccc(Cl)c(Cl)c2)nc1C. The Morgan fingerprint density at radius 1 is 1.06 bits per heavy atom. The maximum absolute atomic E-state index is 12.6. The summed E-state index contributed by atoms with van der Waals surface area (Å²) >= 11 is 18.2. The van der Waals surface area contributed by atoms with Crippen molar-refractivity contribution in [2.45, 2.75) is 13.8 Å². The third kappa shape index (κ3) is 7.07. The summed E-state index contributed by atoms with van der Waals surface area (Å²) in [6.45, 7) is 3.67. The number of hydrogen-bond acceptors (Lipinski definition) is 5. The molecule has 0 aliphatic heterocycles. The van der Waals surface area contributed by atoms with Crippen molar-refractivity contribution in [3.8, 4) is 0 Å². The van der Waals surface area contributed by atoms with Gasteiger partial charge in [0.15, 0.2) is 16.0 Å². The number of nitrogens with one attached hydrogen (secondary N) is 2. The second-order valence-electron chi connectivity index (χ2n) is 6.97. The zero-order valence-corrected chi connectivity index (χ0v) is 20.8. The van der Waals surface area contributed by atoms with Gasteiger partial charge in [0.1, 0.15) is 0 Å². The van der Waals surface area contributed by atoms with Crippen molar-refractivity contribution in [1.82, 2.24) is 10.3 Å². The first-order valence-electron chi connectivity index (χ1n) is 9.73. The number of carbonyl (C=O) groups excluding carboxylic acids is 2. The summed E-state index contributed by atoms with van der Waals surface area (Å²) in [7, 11) is 0. The monoisotopic (exact) mass is 515 g/mol. The molecular formula is C24H19Cl2N3O2S2. The average Bonchev–Trinajstić information content (AvgIpc) is 3.14. The highest BCUT2D eigenvalue weighted by atomic mass is 35.5. The lowest BCUT2D eigenvalue weighted by Gasteiger charge is -2.07. The molecule has 1 heterocycles. The Labute approximate surface area is 211 Å². The fraction of sp³-hybridized carbons (Fsp3) is 0.0833. The number of amides is 1. The number of thiazole rings is 1. The van der Waals surface area contributed by atoms with Gasteiger partial charge < -0.3 is 5.32 Å². The lowest BCUT2D eigenvalue weighted by Crippen LogP contribution is -2.34. The number of carbonyl (C=O) groups is 2. The van der Waals surface area contributed by atoms with E-state index in [1.165, 1.54) is 24.3 Å². The minimum absolute atomic E-state index is 0.0519. The highest BCUT2D eigenvalue weighted by Gasteiger charge is 2.15. The highest BCUT2D eigenvalue weighted by Crippen LogP contribution is 2.24. The van der Waals surface area contributed by atoms with Crippen LogP contribution in [0.2, 0.25) is 10.0 Å². The van der Waals surface area contributed by atoms with E-state index >= 15 is 0 Å². The van der Waals surface area contributed by atoms with Crippen molar-refractivity contribution >= 4 is 74.8 Å². The largest absolute Gasteiger partial charge is 0.308 e. The predicted octanol–water partition coefficient (Wildman–Crippen LogP) is 6.73. The molecule has 1 aromatic heterocycles. The normalized spacial score (nSPS) is 11.5. The van der Waals surface area contributed by atoms with Crippen LogP contribution in [0.3, 0.4) is 0 Å². The van der Waals surface area contributed by atoms with E-state index in [-0.39, 0.29) is 15.9 Å². The Morgan fingerprint density at radius 3 is 2.48 bits per heavy atom. The number of aromatic nitrogens is 1. The van der Waals surface area contributed by atoms with E-state index in [9.17, 15) is 9.59 Å². The second kappa shape index (κ2) is 11.3. The lowest BCUT2D eigenvalue weighted by atomic mass is 10.1. The van der Waals surface area contributed by atoms with Gasteiger partial charge in [0.2, 0.25) is 0 Å². The highest BCUT2D eigenvalue weighted by molar-refractivity contribution is 7.80. The maximum atomic E-state index is 12.6. The second-order valence-corrected chi connectivity index (χ2v) is 9.19. The van der Waals surface area contributed by atoms with Gasteiger partial charge in [0.25, 0.3) is 5.91 Å². The van der Waals surface area contributed by atoms with Gasteiger partial charge >= 0.3 is 0 Å². The van der Waals surface area contributed by atoms with Crippen LogP contribution in [0.25, 0.3) is 6.08 Å². The third-order valence-corrected chi connectivity index (χ3v) is 6.37. The molecule has 0 radical (unpaired) electrons. The smallest absolute Gasteiger partial charge is 0.257 e. The molecule has 0 bridgehead atoms. The summed E-state index contributed by atoms with van der Waals surface area (Å²) in [6, 6.07) is 14.4. The fourth-order valence-corrected chi connectivity index (χ4v) is 4.21. The van der Waals surface area contributed by atoms with Crippen LogP contribution in [0.5, 0.6) is 0 Å². The molecule has 9 heteroatoms. The van der Waals surface area contributed by atoms with E-state index in [2.05, 4.69) is 15.6 Å². The molecule has 0 aliphatic rings. The van der Waals surface area contributed by atoms with Gasteiger partial charge in [-0.15, -0.1) is 0 Å². The standard InChI is InChI=1S/C24H19Cl2N3O2S2/c1-14(12-16-6-4-3-5-7-16)8-11-20(30)21-15(2)27-24(33-21)29-23(32)28-22(31)17-9-10-18(25)19(26)13-17/h3-13H,1-2H3,(H2,27,28,29,31,32)/b11-8+,14-12-. The first-order valence-corrected chi connectivity index (χ1v) is 11.7. The zero-order valence-electron chi connectivity index (χ0n) is 17.7. The lowest BCUT2D eigenvalue weighted by molar-refractivity contribution is 0.0976. The minimum Gasteiger partial charge on any atom is -0.308 e. The van der Waals surface area contributed by atoms with Gasteiger partial charge in [-0.2, -0.15) is 0 Å². The molecule has 0 aliphatic carbocycles. The predicted molar refractivity (Wildman–Crippen MR) is 141 cm³/mol. The molecule has 0 saturated heterocycles. The minimum atomic E-state index is -0.445. The molecule has 0 unspecified atom stereocenters. The van der Waals surface area contributed by atoms with E-state index in [4.69, 9.17) is 35.4 Å². The van der Waals surface area contributed by atoms with E-state index in [0.717, 1.165) is 22.5 Å². The van der Waals surface area contributed by atoms with E-state index in [0.29, 0.717) is 26.3 Å². The number of rotatable bonds is 6. The summed E-state index contributed by atoms with van der Waals surface area (Å²) in [5.74, 6) is -0.608. The van der Waals surface area contributed by atoms with Crippen LogP contribution in [0.1, 0.15) is 38.2 Å². The van der Waals surface area contributed by atoms with E-state index in [1.54, 1.807) is 13.0 Å². The number of benzene rings is 2. The molecular weight excluding hydrogens is 497 g/mol. The van der Waals surface area contributed by atoms with Gasteiger partial charge in [-0.1, -0.05) is 82.6 Å². The topological polar surface area (TPSA) is 71.1 Å². The Balaban J connectivity index is 1.62. The molecule has 3 rings (SSSR count). The molecule has 0 saturated carbocycles. The molecule has 0 atom stereocenters. The van der Waals surface area contributed by atoms with Crippen molar-refractivity contribution in [2.24, 2.45) is 0 Å². The van der Waals surface area contributed by atoms with Crippen LogP contribution >= 0.6 is 46.8 Å². The van der Waals surface area contributed by atoms with Crippen molar-refractivity contribution in [3.05, 3.63) is 98.0 Å². The van der Waals surface area contributed by atoms with Crippen LogP contribution in [0, 0.1) is 6.92 Å². The number of allylic oxidation sites excluding steroid dienone is 3. The molecule has 0 spiro atoms. The fourth-order valence-electron chi connectivity index (χ4n) is 2.76. The number of nitrogens with zero attached hydrogens (tertiary/aromatic N) is 1. The Bertz CT molecular complexity index is 1270. The van der Waals surface area contributed by atoms with E-state index in [1.807, 2.05) is 43.3 Å². The number of thiocarbonyl (C=S) groups is 1. The molecule has 5 nitrogen and oxygen atoms in total. The molecule has 168 valence electrons. The van der Waals surface area contributed by atoms with Crippen molar-refractivity contribution in [1.29, 1.82) is 0 Å². The van der Waals surface area contributed by atoms with Crippen molar-refractivity contribution < 1.29 is 9.59 Å². The van der Waals surface area contributed by atoms with E-state index < -0.39 is 5.91 Å². The summed E-state index contributed by atoms with van der Waals surface area (Å²) in [6.07, 6.45) is 5.28. The molecule has 0 fully saturated rings. The molecule has 33 heavy (non-hydrogen) atoms. The summed E-state index contributed by atoms with van der Waals surface area (Å²) in [4.78, 5) is 29.8. The van der Waals surface area contributed by atoms with Crippen LogP contribution in [0.4, 0.5) is 5.13 Å². The van der Waals surface area contributed by atoms with Crippen LogP contribution in [-0.4, -0.2) is 21.8 Å². The van der Waals surface area contributed by atoms with Crippen LogP contribution < -0.4 is 10.6 Å². The first-order chi connectivity index (χ1) is 15.7. The summed E-state index contributed by atoms with van der Waals surface area (Å²) < 4.78 is 0. The van der Waals surface area contributed by atoms with Crippen molar-refractivity contribution in [2.75, 3.05) is 5.32 Å². The number of hydrogen-bond donors (Lipinski definition) is 2. The molecule has 3 aromatic rings. The number of aryl methyl sites for hydroxylation is 1. The molecule has 2 aromatic carbocycles. The average molecular weight is 516 g/mol. The Hall–Kier alpha value is -2.84. The first kappa shape index (κ1) is 24.8. The van der Waals surface area contributed by atoms with Gasteiger partial charge in [-0.3, -0.25) is 14.9 Å². The number of halogens is 2. The molecule has 2 N–H and O–H groups in total. The van der Waals surface area contributed by atoms with Gasteiger partial charge in [0, 0.05) is 5.56 Å². The Kier molecular flexibility index (Phi) is 8.52. The number of ketones is 1. The third-order valence-electron chi connectivity index (χ3n) is 4.34. The van der Waals surface area contributed by atoms with Gasteiger partial charge in [-0.05, 0) is 55.9 Å². The molecule has 1 amide bonds. The summed E-state index contributed by atoms with van der Waals surface area (Å²) in [5.41, 5.74) is 2.88. The van der Waals surface area contributed by atoms with Crippen molar-refractivity contribution in [3.63, 3.8) is 0 Å². The summed E-state index contributed by atoms with van der Waals surface area (Å²) in [5, 5.41) is 6.47.